The fourth-order valence-corrected chi connectivity index (χ4v) is 7.77. The van der Waals surface area contributed by atoms with Crippen LogP contribution in [0.3, 0.4) is 0 Å². The first-order valence-corrected chi connectivity index (χ1v) is 11.1. The van der Waals surface area contributed by atoms with Crippen molar-refractivity contribution in [3.63, 3.8) is 0 Å². The zero-order chi connectivity index (χ0) is 16.0. The first-order valence-electron chi connectivity index (χ1n) is 11.1. The van der Waals surface area contributed by atoms with Crippen molar-refractivity contribution in [2.24, 2.45) is 46.8 Å². The molecule has 6 atom stereocenters. The molecule has 4 aliphatic rings. The van der Waals surface area contributed by atoms with E-state index in [9.17, 15) is 0 Å². The Bertz CT molecular complexity index is 400. The van der Waals surface area contributed by atoms with Crippen LogP contribution in [-0.4, -0.2) is 0 Å². The average Bonchev–Trinajstić information content (AvgIpc) is 2.95. The molecule has 0 aromatic rings. The second kappa shape index (κ2) is 6.38. The van der Waals surface area contributed by atoms with Crippen molar-refractivity contribution < 1.29 is 0 Å². The Morgan fingerprint density at radius 3 is 2.09 bits per heavy atom. The highest BCUT2D eigenvalue weighted by molar-refractivity contribution is 5.01. The Labute approximate surface area is 145 Å². The van der Waals surface area contributed by atoms with Gasteiger partial charge in [-0.25, -0.2) is 0 Å². The summed E-state index contributed by atoms with van der Waals surface area (Å²) in [5, 5.41) is 0. The van der Waals surface area contributed by atoms with Crippen molar-refractivity contribution in [1.82, 2.24) is 0 Å². The maximum absolute atomic E-state index is 2.66. The van der Waals surface area contributed by atoms with Crippen LogP contribution < -0.4 is 0 Å². The normalized spacial score (nSPS) is 45.5. The minimum absolute atomic E-state index is 0.604. The molecular weight excluding hydrogens is 276 g/mol. The first kappa shape index (κ1) is 16.5. The molecule has 0 spiro atoms. The molecule has 0 aliphatic heterocycles. The van der Waals surface area contributed by atoms with Gasteiger partial charge < -0.3 is 0 Å². The van der Waals surface area contributed by atoms with Crippen molar-refractivity contribution in [1.29, 1.82) is 0 Å². The summed E-state index contributed by atoms with van der Waals surface area (Å²) in [7, 11) is 0. The van der Waals surface area contributed by atoms with Crippen LogP contribution in [-0.2, 0) is 0 Å². The maximum Gasteiger partial charge on any atom is -0.0297 e. The van der Waals surface area contributed by atoms with Gasteiger partial charge in [0, 0.05) is 0 Å². The molecule has 0 N–H and O–H groups in total. The molecule has 0 heteroatoms. The molecular formula is C23H40. The minimum Gasteiger partial charge on any atom is -0.0622 e. The fourth-order valence-electron chi connectivity index (χ4n) is 7.77. The summed E-state index contributed by atoms with van der Waals surface area (Å²) in [6, 6.07) is 0. The molecule has 0 bridgehead atoms. The van der Waals surface area contributed by atoms with Gasteiger partial charge in [-0.05, 0) is 85.4 Å². The van der Waals surface area contributed by atoms with Crippen LogP contribution in [0.1, 0.15) is 97.8 Å². The second-order valence-corrected chi connectivity index (χ2v) is 10.6. The van der Waals surface area contributed by atoms with Crippen LogP contribution in [0.4, 0.5) is 0 Å². The lowest BCUT2D eigenvalue weighted by Gasteiger charge is -2.50. The predicted octanol–water partition coefficient (Wildman–Crippen LogP) is 7.08. The summed E-state index contributed by atoms with van der Waals surface area (Å²) in [5.41, 5.74) is 0.604. The number of hydrogen-bond donors (Lipinski definition) is 0. The Hall–Kier alpha value is 0. The Kier molecular flexibility index (Phi) is 4.57. The van der Waals surface area contributed by atoms with E-state index in [2.05, 4.69) is 20.8 Å². The Morgan fingerprint density at radius 2 is 1.30 bits per heavy atom. The molecule has 23 heavy (non-hydrogen) atoms. The van der Waals surface area contributed by atoms with Crippen LogP contribution in [0.5, 0.6) is 0 Å². The molecule has 4 aliphatic carbocycles. The SMILES string of the molecule is CC1CC(C(C)(C)C2CCCCC2)CC2C1CC1CCCCC12. The largest absolute Gasteiger partial charge is 0.0622 e. The number of hydrogen-bond acceptors (Lipinski definition) is 0. The van der Waals surface area contributed by atoms with E-state index >= 15 is 0 Å². The van der Waals surface area contributed by atoms with Crippen LogP contribution >= 0.6 is 0 Å². The lowest BCUT2D eigenvalue weighted by atomic mass is 9.55. The average molecular weight is 317 g/mol. The van der Waals surface area contributed by atoms with Gasteiger partial charge in [0.15, 0.2) is 0 Å². The van der Waals surface area contributed by atoms with Gasteiger partial charge in [-0.3, -0.25) is 0 Å². The van der Waals surface area contributed by atoms with E-state index in [1.165, 1.54) is 44.9 Å². The molecule has 0 aromatic heterocycles. The smallest absolute Gasteiger partial charge is 0.0297 e. The zero-order valence-electron chi connectivity index (χ0n) is 16.0. The molecule has 0 nitrogen and oxygen atoms in total. The van der Waals surface area contributed by atoms with Crippen molar-refractivity contribution in [3.05, 3.63) is 0 Å². The Morgan fingerprint density at radius 1 is 0.609 bits per heavy atom. The number of rotatable bonds is 2. The van der Waals surface area contributed by atoms with Crippen LogP contribution in [0.15, 0.2) is 0 Å². The van der Waals surface area contributed by atoms with Crippen molar-refractivity contribution in [2.75, 3.05) is 0 Å². The third-order valence-corrected chi connectivity index (χ3v) is 9.30. The molecule has 4 saturated carbocycles. The van der Waals surface area contributed by atoms with E-state index in [0.717, 1.165) is 41.4 Å². The van der Waals surface area contributed by atoms with Crippen molar-refractivity contribution >= 4 is 0 Å². The van der Waals surface area contributed by atoms with Crippen LogP contribution in [0.2, 0.25) is 0 Å². The minimum atomic E-state index is 0.604. The summed E-state index contributed by atoms with van der Waals surface area (Å²) in [6.07, 6.45) is 18.5. The van der Waals surface area contributed by atoms with Gasteiger partial charge in [0.2, 0.25) is 0 Å². The number of fused-ring (bicyclic) bond motifs is 3. The maximum atomic E-state index is 2.66. The zero-order valence-corrected chi connectivity index (χ0v) is 16.0. The van der Waals surface area contributed by atoms with Gasteiger partial charge in [-0.15, -0.1) is 0 Å². The van der Waals surface area contributed by atoms with E-state index in [1.807, 2.05) is 0 Å². The van der Waals surface area contributed by atoms with Crippen molar-refractivity contribution in [3.8, 4) is 0 Å². The molecule has 132 valence electrons. The quantitative estimate of drug-likeness (QED) is 0.510. The molecule has 0 amide bonds. The first-order chi connectivity index (χ1) is 11.1. The van der Waals surface area contributed by atoms with E-state index in [0.29, 0.717) is 5.41 Å². The second-order valence-electron chi connectivity index (χ2n) is 10.6. The summed E-state index contributed by atoms with van der Waals surface area (Å²) >= 11 is 0. The highest BCUT2D eigenvalue weighted by Crippen LogP contribution is 2.60. The lowest BCUT2D eigenvalue weighted by Crippen LogP contribution is -2.41. The van der Waals surface area contributed by atoms with Crippen LogP contribution in [0, 0.1) is 46.8 Å². The summed E-state index contributed by atoms with van der Waals surface area (Å²) < 4.78 is 0. The van der Waals surface area contributed by atoms with Gasteiger partial charge in [0.05, 0.1) is 0 Å². The molecule has 0 heterocycles. The Balaban J connectivity index is 1.50. The topological polar surface area (TPSA) is 0 Å². The molecule has 0 aromatic carbocycles. The monoisotopic (exact) mass is 316 g/mol. The molecule has 0 radical (unpaired) electrons. The molecule has 0 saturated heterocycles. The van der Waals surface area contributed by atoms with Gasteiger partial charge >= 0.3 is 0 Å². The van der Waals surface area contributed by atoms with Gasteiger partial charge in [0.25, 0.3) is 0 Å². The molecule has 4 rings (SSSR count). The summed E-state index contributed by atoms with van der Waals surface area (Å²) in [6.45, 7) is 7.94. The molecule has 6 unspecified atom stereocenters. The molecule has 4 fully saturated rings. The highest BCUT2D eigenvalue weighted by atomic mass is 14.6. The van der Waals surface area contributed by atoms with Gasteiger partial charge in [0.1, 0.15) is 0 Å². The third kappa shape index (κ3) is 2.91. The fraction of sp³-hybridized carbons (Fsp3) is 1.00. The van der Waals surface area contributed by atoms with E-state index in [4.69, 9.17) is 0 Å². The highest BCUT2D eigenvalue weighted by Gasteiger charge is 2.51. The van der Waals surface area contributed by atoms with Gasteiger partial charge in [-0.2, -0.15) is 0 Å². The lowest BCUT2D eigenvalue weighted by molar-refractivity contribution is -0.00136. The summed E-state index contributed by atoms with van der Waals surface area (Å²) in [4.78, 5) is 0. The van der Waals surface area contributed by atoms with E-state index < -0.39 is 0 Å². The van der Waals surface area contributed by atoms with Crippen LogP contribution in [0.25, 0.3) is 0 Å². The summed E-state index contributed by atoms with van der Waals surface area (Å²) in [5.74, 6) is 7.50. The van der Waals surface area contributed by atoms with Gasteiger partial charge in [-0.1, -0.05) is 59.3 Å². The third-order valence-electron chi connectivity index (χ3n) is 9.30. The van der Waals surface area contributed by atoms with Crippen molar-refractivity contribution in [2.45, 2.75) is 97.8 Å². The van der Waals surface area contributed by atoms with E-state index in [-0.39, 0.29) is 0 Å². The predicted molar refractivity (Wildman–Crippen MR) is 99.3 cm³/mol. The standard InChI is InChI=1S/C23H40/c1-16-13-19(23(2,3)18-10-5-4-6-11-18)15-22-20-12-8-7-9-17(20)14-21(16)22/h16-22H,4-15H2,1-3H3. The van der Waals surface area contributed by atoms with E-state index in [1.54, 1.807) is 32.1 Å².